The number of carbonyl (C=O) groups is 3. The van der Waals surface area contributed by atoms with E-state index in [0.717, 1.165) is 0 Å². The fourth-order valence-corrected chi connectivity index (χ4v) is 3.85. The molecule has 0 unspecified atom stereocenters. The molecule has 0 atom stereocenters. The van der Waals surface area contributed by atoms with Crippen molar-refractivity contribution in [1.29, 1.82) is 0 Å². The van der Waals surface area contributed by atoms with Gasteiger partial charge in [-0.3, -0.25) is 9.59 Å². The highest BCUT2D eigenvalue weighted by Gasteiger charge is 2.27. The Morgan fingerprint density at radius 1 is 1.06 bits per heavy atom. The first-order chi connectivity index (χ1) is 15.8. The van der Waals surface area contributed by atoms with Crippen LogP contribution in [-0.2, 0) is 11.2 Å². The molecule has 3 rings (SSSR count). The number of likely N-dealkylation sites (tertiary alicyclic amines) is 1. The Morgan fingerprint density at radius 2 is 1.79 bits per heavy atom. The molecule has 0 bridgehead atoms. The molecule has 8 heteroatoms. The topological polar surface area (TPSA) is 90.5 Å². The number of hydrogen-bond acceptors (Lipinski definition) is 3. The maximum atomic E-state index is 13.7. The Balaban J connectivity index is 1.46. The highest BCUT2D eigenvalue weighted by atomic mass is 19.1. The fourth-order valence-electron chi connectivity index (χ4n) is 3.85. The van der Waals surface area contributed by atoms with Crippen molar-refractivity contribution in [2.24, 2.45) is 5.92 Å². The van der Waals surface area contributed by atoms with Crippen LogP contribution in [0.3, 0.4) is 0 Å². The molecular weight excluding hydrogens is 423 g/mol. The summed E-state index contributed by atoms with van der Waals surface area (Å²) in [5.74, 6) is -0.608. The van der Waals surface area contributed by atoms with Crippen molar-refractivity contribution in [2.75, 3.05) is 25.0 Å². The van der Waals surface area contributed by atoms with Crippen molar-refractivity contribution in [3.63, 3.8) is 0 Å². The minimum atomic E-state index is -0.323. The average molecular weight is 455 g/mol. The highest BCUT2D eigenvalue weighted by Crippen LogP contribution is 2.21. The number of anilines is 1. The summed E-state index contributed by atoms with van der Waals surface area (Å²) < 4.78 is 13.7. The summed E-state index contributed by atoms with van der Waals surface area (Å²) in [5, 5.41) is 8.36. The summed E-state index contributed by atoms with van der Waals surface area (Å²) in [5.41, 5.74) is 1.62. The van der Waals surface area contributed by atoms with Crippen LogP contribution in [0, 0.1) is 11.7 Å². The second-order valence-electron chi connectivity index (χ2n) is 8.53. The molecule has 4 amide bonds. The number of nitrogens with zero attached hydrogens (tertiary/aromatic N) is 1. The third-order valence-electron chi connectivity index (χ3n) is 5.59. The molecule has 0 spiro atoms. The molecule has 0 saturated carbocycles. The van der Waals surface area contributed by atoms with Crippen molar-refractivity contribution >= 4 is 23.5 Å². The number of benzene rings is 2. The lowest BCUT2D eigenvalue weighted by molar-refractivity contribution is -0.126. The van der Waals surface area contributed by atoms with Crippen molar-refractivity contribution < 1.29 is 18.8 Å². The highest BCUT2D eigenvalue weighted by molar-refractivity contribution is 5.97. The van der Waals surface area contributed by atoms with Gasteiger partial charge in [0, 0.05) is 42.8 Å². The Morgan fingerprint density at radius 3 is 2.48 bits per heavy atom. The first kappa shape index (κ1) is 24.2. The second kappa shape index (κ2) is 11.4. The monoisotopic (exact) mass is 454 g/mol. The molecule has 2 aromatic carbocycles. The number of piperidine rings is 1. The van der Waals surface area contributed by atoms with Crippen LogP contribution in [0.25, 0.3) is 0 Å². The van der Waals surface area contributed by atoms with Crippen LogP contribution >= 0.6 is 0 Å². The molecule has 33 heavy (non-hydrogen) atoms. The van der Waals surface area contributed by atoms with Gasteiger partial charge in [-0.05, 0) is 62.9 Å². The molecule has 1 heterocycles. The maximum absolute atomic E-state index is 13.7. The zero-order chi connectivity index (χ0) is 23.8. The molecule has 0 aromatic heterocycles. The van der Waals surface area contributed by atoms with Crippen molar-refractivity contribution in [3.8, 4) is 0 Å². The molecule has 176 valence electrons. The SMILES string of the molecule is CC(C)NC(=O)Nc1cccc(C(=O)N2CCC(C(=O)NCCc3ccccc3F)CC2)c1. The summed E-state index contributed by atoms with van der Waals surface area (Å²) >= 11 is 0. The van der Waals surface area contributed by atoms with E-state index in [1.54, 1.807) is 47.4 Å². The number of nitrogens with one attached hydrogen (secondary N) is 3. The van der Waals surface area contributed by atoms with Crippen LogP contribution in [-0.4, -0.2) is 48.4 Å². The quantitative estimate of drug-likeness (QED) is 0.597. The lowest BCUT2D eigenvalue weighted by atomic mass is 9.95. The Hall–Kier alpha value is -3.42. The standard InChI is InChI=1S/C25H31FN4O3/c1-17(2)28-25(33)29-21-8-5-7-20(16-21)24(32)30-14-11-19(12-15-30)23(31)27-13-10-18-6-3-4-9-22(18)26/h3-9,16-17,19H,10-15H2,1-2H3,(H,27,31)(H2,28,29,33). The van der Waals surface area contributed by atoms with E-state index in [4.69, 9.17) is 0 Å². The number of amides is 4. The lowest BCUT2D eigenvalue weighted by Crippen LogP contribution is -2.43. The third-order valence-corrected chi connectivity index (χ3v) is 5.59. The van der Waals surface area contributed by atoms with Crippen LogP contribution in [0.5, 0.6) is 0 Å². The van der Waals surface area contributed by atoms with Crippen LogP contribution < -0.4 is 16.0 Å². The van der Waals surface area contributed by atoms with Crippen LogP contribution in [0.15, 0.2) is 48.5 Å². The minimum Gasteiger partial charge on any atom is -0.356 e. The number of urea groups is 1. The van der Waals surface area contributed by atoms with E-state index in [2.05, 4.69) is 16.0 Å². The molecule has 0 aliphatic carbocycles. The molecule has 7 nitrogen and oxygen atoms in total. The molecule has 1 aliphatic heterocycles. The average Bonchev–Trinajstić information content (AvgIpc) is 2.79. The van der Waals surface area contributed by atoms with Gasteiger partial charge in [0.05, 0.1) is 0 Å². The summed E-state index contributed by atoms with van der Waals surface area (Å²) in [6.45, 7) is 5.08. The Labute approximate surface area is 193 Å². The predicted octanol–water partition coefficient (Wildman–Crippen LogP) is 3.57. The zero-order valence-electron chi connectivity index (χ0n) is 19.1. The number of hydrogen-bond donors (Lipinski definition) is 3. The molecular formula is C25H31FN4O3. The first-order valence-corrected chi connectivity index (χ1v) is 11.3. The summed E-state index contributed by atoms with van der Waals surface area (Å²) in [6.07, 6.45) is 1.59. The number of halogens is 1. The van der Waals surface area contributed by atoms with E-state index in [0.29, 0.717) is 55.7 Å². The van der Waals surface area contributed by atoms with Crippen molar-refractivity contribution in [1.82, 2.24) is 15.5 Å². The predicted molar refractivity (Wildman–Crippen MR) is 125 cm³/mol. The normalized spacial score (nSPS) is 14.1. The number of carbonyl (C=O) groups excluding carboxylic acids is 3. The van der Waals surface area contributed by atoms with E-state index in [1.807, 2.05) is 13.8 Å². The summed E-state index contributed by atoms with van der Waals surface area (Å²) in [7, 11) is 0. The van der Waals surface area contributed by atoms with E-state index in [9.17, 15) is 18.8 Å². The van der Waals surface area contributed by atoms with Crippen LogP contribution in [0.2, 0.25) is 0 Å². The molecule has 1 aliphatic rings. The van der Waals surface area contributed by atoms with E-state index >= 15 is 0 Å². The van der Waals surface area contributed by atoms with Gasteiger partial charge in [-0.15, -0.1) is 0 Å². The maximum Gasteiger partial charge on any atom is 0.319 e. The summed E-state index contributed by atoms with van der Waals surface area (Å²) in [4.78, 5) is 39.0. The summed E-state index contributed by atoms with van der Waals surface area (Å²) in [6, 6.07) is 13.1. The van der Waals surface area contributed by atoms with Gasteiger partial charge in [-0.1, -0.05) is 24.3 Å². The van der Waals surface area contributed by atoms with Gasteiger partial charge < -0.3 is 20.9 Å². The third kappa shape index (κ3) is 7.03. The molecule has 3 N–H and O–H groups in total. The van der Waals surface area contributed by atoms with Gasteiger partial charge in [-0.25, -0.2) is 9.18 Å². The molecule has 1 fully saturated rings. The van der Waals surface area contributed by atoms with Gasteiger partial charge in [0.25, 0.3) is 5.91 Å². The minimum absolute atomic E-state index is 0.00724. The van der Waals surface area contributed by atoms with E-state index in [-0.39, 0.29) is 35.6 Å². The zero-order valence-corrected chi connectivity index (χ0v) is 19.1. The van der Waals surface area contributed by atoms with Gasteiger partial charge in [0.2, 0.25) is 5.91 Å². The molecule has 1 saturated heterocycles. The van der Waals surface area contributed by atoms with Crippen LogP contribution in [0.4, 0.5) is 14.9 Å². The van der Waals surface area contributed by atoms with Gasteiger partial charge >= 0.3 is 6.03 Å². The van der Waals surface area contributed by atoms with Crippen molar-refractivity contribution in [2.45, 2.75) is 39.2 Å². The van der Waals surface area contributed by atoms with Crippen LogP contribution in [0.1, 0.15) is 42.6 Å². The smallest absolute Gasteiger partial charge is 0.319 e. The van der Waals surface area contributed by atoms with Gasteiger partial charge in [0.1, 0.15) is 5.82 Å². The number of rotatable bonds is 7. The molecule has 0 radical (unpaired) electrons. The first-order valence-electron chi connectivity index (χ1n) is 11.3. The van der Waals surface area contributed by atoms with Gasteiger partial charge in [-0.2, -0.15) is 0 Å². The van der Waals surface area contributed by atoms with Gasteiger partial charge in [0.15, 0.2) is 0 Å². The Bertz CT molecular complexity index is 987. The lowest BCUT2D eigenvalue weighted by Gasteiger charge is -2.31. The Kier molecular flexibility index (Phi) is 8.40. The van der Waals surface area contributed by atoms with Crippen molar-refractivity contribution in [3.05, 3.63) is 65.5 Å². The van der Waals surface area contributed by atoms with E-state index < -0.39 is 0 Å². The molecule has 2 aromatic rings. The van der Waals surface area contributed by atoms with E-state index in [1.165, 1.54) is 6.07 Å². The second-order valence-corrected chi connectivity index (χ2v) is 8.53. The largest absolute Gasteiger partial charge is 0.356 e. The fraction of sp³-hybridized carbons (Fsp3) is 0.400.